The van der Waals surface area contributed by atoms with Gasteiger partial charge in [-0.3, -0.25) is 0 Å². The molecular weight excluding hydrogens is 481 g/mol. The lowest BCUT2D eigenvalue weighted by Gasteiger charge is -1.87. The quantitative estimate of drug-likeness (QED) is 0.201. The first kappa shape index (κ1) is 17.8. The van der Waals surface area contributed by atoms with Gasteiger partial charge < -0.3 is 0 Å². The fourth-order valence-corrected chi connectivity index (χ4v) is 10.2. The fraction of sp³-hybridized carbons (Fsp3) is 0. The number of hydrogen-bond donors (Lipinski definition) is 0. The molecule has 0 amide bonds. The highest BCUT2D eigenvalue weighted by atomic mass is 32.1. The van der Waals surface area contributed by atoms with Crippen molar-refractivity contribution >= 4 is 68.0 Å². The predicted octanol–water partition coefficient (Wildman–Crippen LogP) is 8.09. The fourth-order valence-electron chi connectivity index (χ4n) is 4.18. The molecular formula is C24H12S6. The predicted molar refractivity (Wildman–Crippen MR) is 132 cm³/mol. The van der Waals surface area contributed by atoms with Gasteiger partial charge in [-0.1, -0.05) is 0 Å². The maximum atomic E-state index is 2.30. The van der Waals surface area contributed by atoms with Crippen LogP contribution >= 0.6 is 68.0 Å². The summed E-state index contributed by atoms with van der Waals surface area (Å²) in [5, 5.41) is 21.7. The first-order chi connectivity index (χ1) is 14.9. The smallest absolute Gasteiger partial charge is 0.0527 e. The van der Waals surface area contributed by atoms with Crippen LogP contribution in [0.5, 0.6) is 0 Å². The van der Waals surface area contributed by atoms with Crippen molar-refractivity contribution in [3.05, 3.63) is 127 Å². The van der Waals surface area contributed by atoms with E-state index in [2.05, 4.69) is 68.7 Å². The molecule has 1 aliphatic rings. The second kappa shape index (κ2) is 6.85. The molecule has 6 aromatic heterocycles. The molecule has 0 spiro atoms. The third-order valence-electron chi connectivity index (χ3n) is 5.48. The van der Waals surface area contributed by atoms with Crippen LogP contribution in [-0.2, 0) is 0 Å². The van der Waals surface area contributed by atoms with E-state index in [1.54, 1.807) is 0 Å². The van der Waals surface area contributed by atoms with Crippen molar-refractivity contribution in [1.82, 2.24) is 0 Å². The minimum Gasteiger partial charge on any atom is -0.142 e. The summed E-state index contributed by atoms with van der Waals surface area (Å²) in [6.07, 6.45) is 0. The van der Waals surface area contributed by atoms with E-state index in [-0.39, 0.29) is 0 Å². The lowest BCUT2D eigenvalue weighted by molar-refractivity contribution is 1.45. The highest BCUT2D eigenvalue weighted by molar-refractivity contribution is 7.12. The van der Waals surface area contributed by atoms with Gasteiger partial charge in [0.05, 0.1) is 27.2 Å². The minimum atomic E-state index is 1.36. The van der Waals surface area contributed by atoms with Gasteiger partial charge in [-0.05, 0) is 68.7 Å². The average Bonchev–Trinajstić information content (AvgIpc) is 3.56. The van der Waals surface area contributed by atoms with Crippen LogP contribution in [0.15, 0.2) is 68.7 Å². The van der Waals surface area contributed by atoms with Crippen molar-refractivity contribution in [1.29, 1.82) is 0 Å². The van der Waals surface area contributed by atoms with E-state index in [0.29, 0.717) is 0 Å². The van der Waals surface area contributed by atoms with Gasteiger partial charge in [0.15, 0.2) is 0 Å². The Bertz CT molecular complexity index is 1520. The third kappa shape index (κ3) is 2.46. The molecule has 30 heavy (non-hydrogen) atoms. The molecule has 0 aromatic carbocycles. The van der Waals surface area contributed by atoms with Crippen LogP contribution in [0.4, 0.5) is 0 Å². The van der Waals surface area contributed by atoms with E-state index in [9.17, 15) is 0 Å². The minimum absolute atomic E-state index is 1.36. The molecule has 6 aromatic rings. The second-order valence-electron chi connectivity index (χ2n) is 6.98. The van der Waals surface area contributed by atoms with Crippen molar-refractivity contribution in [3.63, 3.8) is 0 Å². The molecule has 144 valence electrons. The van der Waals surface area contributed by atoms with E-state index < -0.39 is 0 Å². The van der Waals surface area contributed by atoms with Gasteiger partial charge in [0.2, 0.25) is 0 Å². The molecule has 0 bridgehead atoms. The summed E-state index contributed by atoms with van der Waals surface area (Å²) in [6, 6.07) is 13.8. The van der Waals surface area contributed by atoms with Crippen molar-refractivity contribution < 1.29 is 0 Å². The van der Waals surface area contributed by atoms with Crippen LogP contribution in [0.1, 0.15) is 0 Å². The molecule has 0 aliphatic heterocycles. The zero-order valence-electron chi connectivity index (χ0n) is 15.4. The number of fused-ring (bicyclic) bond motifs is 6. The van der Waals surface area contributed by atoms with Crippen molar-refractivity contribution in [3.8, 4) is 0 Å². The number of hydrogen-bond acceptors (Lipinski definition) is 6. The molecule has 0 saturated carbocycles. The molecule has 1 aliphatic carbocycles. The Balaban J connectivity index is 2.16. The summed E-state index contributed by atoms with van der Waals surface area (Å²) in [4.78, 5) is 0. The van der Waals surface area contributed by atoms with Crippen LogP contribution in [-0.4, -0.2) is 0 Å². The van der Waals surface area contributed by atoms with Gasteiger partial charge in [0.25, 0.3) is 0 Å². The third-order valence-corrected chi connectivity index (χ3v) is 11.5. The van der Waals surface area contributed by atoms with Crippen LogP contribution < -0.4 is 0 Å². The summed E-state index contributed by atoms with van der Waals surface area (Å²) in [5.74, 6) is 0. The number of thiophene rings is 6. The summed E-state index contributed by atoms with van der Waals surface area (Å²) in [7, 11) is 0. The van der Waals surface area contributed by atoms with Crippen LogP contribution in [0.2, 0.25) is 0 Å². The standard InChI is InChI=1S/C24H12S6/c1-7-25-19-13(1)14-2-8-26-20(14)22-17(5-10-28-22)18-6-12-30-24(18)23-16(4-11-29-23)15-3-9-27-21(15)19/h1-12H/b14-13-,16-15-,18-17+,21-19-,22-20-,24-23+. The monoisotopic (exact) mass is 492 g/mol. The highest BCUT2D eigenvalue weighted by Crippen LogP contribution is 2.23. The molecule has 0 atom stereocenters. The van der Waals surface area contributed by atoms with Crippen LogP contribution in [0.25, 0.3) is 0 Å². The first-order valence-corrected chi connectivity index (χ1v) is 14.6. The van der Waals surface area contributed by atoms with Gasteiger partial charge in [-0.2, -0.15) is 0 Å². The molecule has 6 heteroatoms. The molecule has 6 heterocycles. The van der Waals surface area contributed by atoms with Crippen LogP contribution in [0.3, 0.4) is 0 Å². The Morgan fingerprint density at radius 2 is 0.433 bits per heavy atom. The maximum Gasteiger partial charge on any atom is 0.0527 e. The van der Waals surface area contributed by atoms with E-state index in [1.807, 2.05) is 68.0 Å². The van der Waals surface area contributed by atoms with Gasteiger partial charge >= 0.3 is 0 Å². The first-order valence-electron chi connectivity index (χ1n) is 9.37. The largest absolute Gasteiger partial charge is 0.142 e. The molecule has 0 unspecified atom stereocenters. The van der Waals surface area contributed by atoms with Gasteiger partial charge in [-0.25, -0.2) is 0 Å². The topological polar surface area (TPSA) is 0 Å². The molecule has 0 N–H and O–H groups in total. The Labute approximate surface area is 193 Å². The van der Waals surface area contributed by atoms with E-state index in [4.69, 9.17) is 0 Å². The summed E-state index contributed by atoms with van der Waals surface area (Å²) < 4.78 is 8.34. The van der Waals surface area contributed by atoms with Crippen molar-refractivity contribution in [2.45, 2.75) is 0 Å². The van der Waals surface area contributed by atoms with E-state index in [0.717, 1.165) is 0 Å². The van der Waals surface area contributed by atoms with Gasteiger partial charge in [-0.15, -0.1) is 68.0 Å². The van der Waals surface area contributed by atoms with Gasteiger partial charge in [0.1, 0.15) is 0 Å². The zero-order valence-corrected chi connectivity index (χ0v) is 20.3. The van der Waals surface area contributed by atoms with E-state index in [1.165, 1.54) is 58.5 Å². The molecule has 0 nitrogen and oxygen atoms in total. The lowest BCUT2D eigenvalue weighted by atomic mass is 10.2. The SMILES string of the molecule is c1cc2/c(s1)=c1/scc/c1=c1\ccs\c1=c1\scc\c1=c1\ccs\c1=c1/scc/c1=2. The Kier molecular flexibility index (Phi) is 4.07. The second-order valence-corrected chi connectivity index (χ2v) is 12.5. The Hall–Kier alpha value is -1.80. The molecule has 0 saturated heterocycles. The summed E-state index contributed by atoms with van der Waals surface area (Å²) in [6.45, 7) is 0. The molecule has 0 fully saturated rings. The molecule has 7 rings (SSSR count). The summed E-state index contributed by atoms with van der Waals surface area (Å²) in [5.41, 5.74) is 0. The zero-order chi connectivity index (χ0) is 19.7. The Morgan fingerprint density at radius 1 is 0.267 bits per heavy atom. The maximum absolute atomic E-state index is 2.30. The van der Waals surface area contributed by atoms with Crippen molar-refractivity contribution in [2.24, 2.45) is 0 Å². The van der Waals surface area contributed by atoms with Gasteiger partial charge in [0, 0.05) is 31.3 Å². The van der Waals surface area contributed by atoms with Crippen molar-refractivity contribution in [2.75, 3.05) is 0 Å². The van der Waals surface area contributed by atoms with Crippen LogP contribution in [0, 0.1) is 58.5 Å². The average molecular weight is 493 g/mol. The molecule has 0 radical (unpaired) electrons. The summed E-state index contributed by atoms with van der Waals surface area (Å²) >= 11 is 11.2. The highest BCUT2D eigenvalue weighted by Gasteiger charge is 2.04. The normalized spacial score (nSPS) is 19.2. The lowest BCUT2D eigenvalue weighted by Crippen LogP contribution is -1.76. The van der Waals surface area contributed by atoms with E-state index >= 15 is 0 Å². The Morgan fingerprint density at radius 3 is 0.600 bits per heavy atom. The number of rotatable bonds is 0.